The van der Waals surface area contributed by atoms with E-state index in [2.05, 4.69) is 53.3 Å². The van der Waals surface area contributed by atoms with Crippen molar-refractivity contribution in [2.75, 3.05) is 12.1 Å². The summed E-state index contributed by atoms with van der Waals surface area (Å²) in [5, 5.41) is 0. The summed E-state index contributed by atoms with van der Waals surface area (Å²) >= 11 is 3.57. The molecule has 26 heavy (non-hydrogen) atoms. The highest BCUT2D eigenvalue weighted by molar-refractivity contribution is 9.09. The van der Waals surface area contributed by atoms with Gasteiger partial charge in [0, 0.05) is 16.4 Å². The monoisotopic (exact) mass is 430 g/mol. The van der Waals surface area contributed by atoms with Gasteiger partial charge in [-0.2, -0.15) is 0 Å². The molecule has 0 bridgehead atoms. The lowest BCUT2D eigenvalue weighted by atomic mass is 9.77. The van der Waals surface area contributed by atoms with Crippen LogP contribution in [0.3, 0.4) is 0 Å². The fourth-order valence-corrected chi connectivity index (χ4v) is 4.67. The Balaban J connectivity index is 2.15. The molecule has 0 saturated carbocycles. The molecule has 0 saturated heterocycles. The molecule has 0 fully saturated rings. The number of carbonyl (C=O) groups excluding carboxylic acids is 1. The average molecular weight is 431 g/mol. The number of ether oxygens (including phenoxy) is 1. The third-order valence-electron chi connectivity index (χ3n) is 4.58. The highest BCUT2D eigenvalue weighted by Crippen LogP contribution is 2.43. The summed E-state index contributed by atoms with van der Waals surface area (Å²) in [5.74, 6) is -0.450. The smallest absolute Gasteiger partial charge is 0.334 e. The summed E-state index contributed by atoms with van der Waals surface area (Å²) in [6.07, 6.45) is 1.71. The Labute approximate surface area is 164 Å². The van der Waals surface area contributed by atoms with E-state index in [4.69, 9.17) is 9.16 Å². The molecule has 0 N–H and O–H groups in total. The molecule has 2 aromatic carbocycles. The highest BCUT2D eigenvalue weighted by atomic mass is 79.9. The lowest BCUT2D eigenvalue weighted by Gasteiger charge is -2.34. The lowest BCUT2D eigenvalue weighted by molar-refractivity contribution is -0.136. The summed E-state index contributed by atoms with van der Waals surface area (Å²) < 4.78 is 11.6. The minimum atomic E-state index is -1.89. The third kappa shape index (κ3) is 3.85. The molecule has 0 amide bonds. The zero-order valence-corrected chi connectivity index (χ0v) is 17.8. The van der Waals surface area contributed by atoms with Gasteiger partial charge in [0.05, 0.1) is 13.2 Å². The number of carbonyl (C=O) groups is 1. The lowest BCUT2D eigenvalue weighted by Crippen LogP contribution is -2.36. The van der Waals surface area contributed by atoms with Crippen molar-refractivity contribution in [2.45, 2.75) is 25.1 Å². The zero-order chi connectivity index (χ0) is 18.7. The maximum atomic E-state index is 12.6. The van der Waals surface area contributed by atoms with Crippen molar-refractivity contribution in [2.24, 2.45) is 0 Å². The maximum Gasteiger partial charge on any atom is 0.334 e. The van der Waals surface area contributed by atoms with Gasteiger partial charge in [0.2, 0.25) is 0 Å². The number of benzene rings is 2. The molecule has 2 atom stereocenters. The largest absolute Gasteiger partial charge is 0.466 e. The first kappa shape index (κ1) is 19.1. The summed E-state index contributed by atoms with van der Waals surface area (Å²) in [5.41, 5.74) is 3.94. The number of alkyl halides is 1. The van der Waals surface area contributed by atoms with Crippen molar-refractivity contribution >= 4 is 30.2 Å². The van der Waals surface area contributed by atoms with Crippen molar-refractivity contribution in [1.29, 1.82) is 0 Å². The molecule has 2 aromatic rings. The van der Waals surface area contributed by atoms with E-state index in [1.165, 1.54) is 7.11 Å². The Bertz CT molecular complexity index is 817. The van der Waals surface area contributed by atoms with E-state index in [0.29, 0.717) is 5.57 Å². The first-order chi connectivity index (χ1) is 12.5. The van der Waals surface area contributed by atoms with Crippen LogP contribution in [0.2, 0.25) is 13.1 Å². The van der Waals surface area contributed by atoms with Gasteiger partial charge < -0.3 is 9.16 Å². The second kappa shape index (κ2) is 7.90. The SMILES string of the molecule is COC(=O)C1=C[C@@H](O[Si](C)(C)CBr)c2ccccc2[C@@H]1c1ccccc1. The Morgan fingerprint density at radius 3 is 2.27 bits per heavy atom. The van der Waals surface area contributed by atoms with Crippen molar-refractivity contribution in [3.63, 3.8) is 0 Å². The molecule has 0 aromatic heterocycles. The molecule has 0 radical (unpaired) electrons. The van der Waals surface area contributed by atoms with Gasteiger partial charge in [-0.15, -0.1) is 0 Å². The molecule has 136 valence electrons. The van der Waals surface area contributed by atoms with Gasteiger partial charge in [-0.3, -0.25) is 0 Å². The van der Waals surface area contributed by atoms with Crippen LogP contribution in [0.5, 0.6) is 0 Å². The van der Waals surface area contributed by atoms with Gasteiger partial charge in [0.1, 0.15) is 0 Å². The van der Waals surface area contributed by atoms with Crippen LogP contribution in [0.25, 0.3) is 0 Å². The summed E-state index contributed by atoms with van der Waals surface area (Å²) in [6, 6.07) is 18.3. The van der Waals surface area contributed by atoms with E-state index < -0.39 is 8.32 Å². The van der Waals surface area contributed by atoms with Crippen molar-refractivity contribution in [3.05, 3.63) is 82.9 Å². The number of fused-ring (bicyclic) bond motifs is 1. The van der Waals surface area contributed by atoms with Crippen LogP contribution >= 0.6 is 15.9 Å². The van der Waals surface area contributed by atoms with Crippen LogP contribution in [0, 0.1) is 0 Å². The van der Waals surface area contributed by atoms with Crippen LogP contribution in [-0.4, -0.2) is 26.3 Å². The number of methoxy groups -OCH3 is 1. The van der Waals surface area contributed by atoms with Crippen molar-refractivity contribution < 1.29 is 14.0 Å². The Morgan fingerprint density at radius 2 is 1.65 bits per heavy atom. The topological polar surface area (TPSA) is 35.5 Å². The van der Waals surface area contributed by atoms with Gasteiger partial charge in [-0.1, -0.05) is 70.5 Å². The minimum Gasteiger partial charge on any atom is -0.466 e. The molecule has 0 spiro atoms. The molecule has 0 heterocycles. The van der Waals surface area contributed by atoms with E-state index in [-0.39, 0.29) is 18.0 Å². The summed E-state index contributed by atoms with van der Waals surface area (Å²) in [7, 11) is -0.460. The fraction of sp³-hybridized carbons (Fsp3) is 0.286. The predicted molar refractivity (Wildman–Crippen MR) is 110 cm³/mol. The van der Waals surface area contributed by atoms with Crippen LogP contribution in [0.4, 0.5) is 0 Å². The Morgan fingerprint density at radius 1 is 1.04 bits per heavy atom. The number of hydrogen-bond donors (Lipinski definition) is 0. The van der Waals surface area contributed by atoms with Crippen molar-refractivity contribution in [3.8, 4) is 0 Å². The molecule has 3 nitrogen and oxygen atoms in total. The molecule has 3 rings (SSSR count). The molecule has 0 aliphatic heterocycles. The van der Waals surface area contributed by atoms with E-state index in [0.717, 1.165) is 21.6 Å². The van der Waals surface area contributed by atoms with Crippen molar-refractivity contribution in [1.82, 2.24) is 0 Å². The summed E-state index contributed by atoms with van der Waals surface area (Å²) in [6.45, 7) is 4.33. The van der Waals surface area contributed by atoms with Crippen LogP contribution < -0.4 is 0 Å². The summed E-state index contributed by atoms with van der Waals surface area (Å²) in [4.78, 5) is 13.4. The fourth-order valence-electron chi connectivity index (χ4n) is 3.33. The van der Waals surface area contributed by atoms with E-state index in [9.17, 15) is 4.79 Å². The van der Waals surface area contributed by atoms with Crippen LogP contribution in [-0.2, 0) is 14.0 Å². The second-order valence-electron chi connectivity index (χ2n) is 7.02. The maximum absolute atomic E-state index is 12.6. The first-order valence-corrected chi connectivity index (χ1v) is 12.9. The van der Waals surface area contributed by atoms with Gasteiger partial charge in [-0.25, -0.2) is 4.79 Å². The molecule has 0 unspecified atom stereocenters. The van der Waals surface area contributed by atoms with Crippen LogP contribution in [0.1, 0.15) is 28.7 Å². The molecule has 5 heteroatoms. The highest BCUT2D eigenvalue weighted by Gasteiger charge is 2.36. The minimum absolute atomic E-state index is 0.145. The van der Waals surface area contributed by atoms with Gasteiger partial charge in [0.15, 0.2) is 8.32 Å². The van der Waals surface area contributed by atoms with E-state index >= 15 is 0 Å². The molecule has 1 aliphatic carbocycles. The standard InChI is InChI=1S/C21H23BrO3Si/c1-24-21(23)18-13-19(25-26(2,3)14-22)16-11-7-8-12-17(16)20(18)15-9-5-4-6-10-15/h4-13,19-20H,14H2,1-3H3/t19-,20+/m1/s1. The number of halogens is 1. The predicted octanol–water partition coefficient (Wildman–Crippen LogP) is 5.13. The second-order valence-corrected chi connectivity index (χ2v) is 12.7. The average Bonchev–Trinajstić information content (AvgIpc) is 2.67. The number of rotatable bonds is 5. The van der Waals surface area contributed by atoms with Gasteiger partial charge >= 0.3 is 5.97 Å². The quantitative estimate of drug-likeness (QED) is 0.374. The van der Waals surface area contributed by atoms with Gasteiger partial charge in [-0.05, 0) is 35.9 Å². The van der Waals surface area contributed by atoms with E-state index in [1.807, 2.05) is 36.4 Å². The van der Waals surface area contributed by atoms with Crippen LogP contribution in [0.15, 0.2) is 66.2 Å². The molecular weight excluding hydrogens is 408 g/mol. The van der Waals surface area contributed by atoms with Gasteiger partial charge in [0.25, 0.3) is 0 Å². The Kier molecular flexibility index (Phi) is 5.80. The normalized spacial score (nSPS) is 19.5. The third-order valence-corrected chi connectivity index (χ3v) is 10.2. The number of hydrogen-bond acceptors (Lipinski definition) is 3. The molecular formula is C21H23BrO3Si. The molecule has 1 aliphatic rings. The number of esters is 1. The Hall–Kier alpha value is -1.69. The first-order valence-electron chi connectivity index (χ1n) is 8.64. The van der Waals surface area contributed by atoms with E-state index in [1.54, 1.807) is 0 Å². The zero-order valence-electron chi connectivity index (χ0n) is 15.2.